The van der Waals surface area contributed by atoms with Gasteiger partial charge in [0.05, 0.1) is 6.61 Å². The molecule has 0 saturated carbocycles. The van der Waals surface area contributed by atoms with Crippen molar-refractivity contribution in [1.29, 1.82) is 0 Å². The van der Waals surface area contributed by atoms with Crippen molar-refractivity contribution in [3.8, 4) is 5.75 Å². The van der Waals surface area contributed by atoms with Crippen molar-refractivity contribution in [2.45, 2.75) is 0 Å². The van der Waals surface area contributed by atoms with Crippen LogP contribution < -0.4 is 4.74 Å². The molecule has 0 heterocycles. The van der Waals surface area contributed by atoms with Gasteiger partial charge in [-0.3, -0.25) is 8.74 Å². The maximum absolute atomic E-state index is 10.1. The second kappa shape index (κ2) is 7.17. The van der Waals surface area contributed by atoms with Crippen LogP contribution in [0.15, 0.2) is 42.5 Å². The Bertz CT molecular complexity index is 323. The van der Waals surface area contributed by atoms with E-state index in [0.717, 1.165) is 5.75 Å². The summed E-state index contributed by atoms with van der Waals surface area (Å²) in [6, 6.07) is 9.39. The van der Waals surface area contributed by atoms with Crippen LogP contribution in [0.4, 0.5) is 0 Å². The van der Waals surface area contributed by atoms with Gasteiger partial charge in [0.25, 0.3) is 0 Å². The molecular weight excluding hydrogens is 216 g/mol. The first-order valence-corrected chi connectivity index (χ1v) is 5.39. The van der Waals surface area contributed by atoms with Crippen LogP contribution in [0.5, 0.6) is 5.75 Å². The second-order valence-electron chi connectivity index (χ2n) is 2.60. The fraction of sp³-hybridized carbons (Fsp3) is 0.200. The van der Waals surface area contributed by atoms with Gasteiger partial charge in [0.1, 0.15) is 12.4 Å². The number of hydrogen-bond acceptors (Lipinski definition) is 3. The van der Waals surface area contributed by atoms with E-state index in [1.54, 1.807) is 12.2 Å². The zero-order valence-electron chi connectivity index (χ0n) is 8.04. The Morgan fingerprint density at radius 3 is 2.53 bits per heavy atom. The van der Waals surface area contributed by atoms with E-state index in [-0.39, 0.29) is 6.61 Å². The van der Waals surface area contributed by atoms with Crippen LogP contribution >= 0.6 is 0 Å². The normalized spacial score (nSPS) is 12.9. The van der Waals surface area contributed by atoms with Crippen molar-refractivity contribution in [1.82, 2.24) is 0 Å². The Kier molecular flexibility index (Phi) is 5.69. The van der Waals surface area contributed by atoms with E-state index in [2.05, 4.69) is 4.18 Å². The first-order chi connectivity index (χ1) is 7.29. The molecule has 0 radical (unpaired) electrons. The number of benzene rings is 1. The molecule has 0 spiro atoms. The summed E-state index contributed by atoms with van der Waals surface area (Å²) >= 11 is -2.20. The molecule has 82 valence electrons. The molecule has 0 fully saturated rings. The molecule has 1 aromatic carbocycles. The first kappa shape index (κ1) is 11.9. The van der Waals surface area contributed by atoms with E-state index in [9.17, 15) is 4.21 Å². The molecule has 0 aromatic heterocycles. The summed E-state index contributed by atoms with van der Waals surface area (Å²) in [5.41, 5.74) is 0. The maximum atomic E-state index is 10.1. The largest absolute Gasteiger partial charge is 0.490 e. The Balaban J connectivity index is 2.14. The molecule has 0 saturated heterocycles. The quantitative estimate of drug-likeness (QED) is 0.595. The summed E-state index contributed by atoms with van der Waals surface area (Å²) in [6.07, 6.45) is 3.34. The summed E-state index contributed by atoms with van der Waals surface area (Å²) in [7, 11) is 0. The number of rotatable bonds is 6. The van der Waals surface area contributed by atoms with Gasteiger partial charge in [-0.15, -0.1) is 0 Å². The van der Waals surface area contributed by atoms with E-state index in [1.807, 2.05) is 30.3 Å². The summed E-state index contributed by atoms with van der Waals surface area (Å²) in [4.78, 5) is 0. The van der Waals surface area contributed by atoms with Gasteiger partial charge >= 0.3 is 11.4 Å². The highest BCUT2D eigenvalue weighted by molar-refractivity contribution is 7.74. The Morgan fingerprint density at radius 2 is 1.87 bits per heavy atom. The summed E-state index contributed by atoms with van der Waals surface area (Å²) in [6.45, 7) is 0.507. The number of ether oxygens (including phenoxy) is 1. The Morgan fingerprint density at radius 1 is 1.20 bits per heavy atom. The van der Waals surface area contributed by atoms with Gasteiger partial charge in [0.2, 0.25) is 0 Å². The van der Waals surface area contributed by atoms with Crippen molar-refractivity contribution in [3.63, 3.8) is 0 Å². The van der Waals surface area contributed by atoms with Crippen LogP contribution in [0.2, 0.25) is 0 Å². The highest BCUT2D eigenvalue weighted by Crippen LogP contribution is 2.07. The standard InChI is InChI=1S/C10H12O4S/c11-15(12)14-9-5-4-8-13-10-6-2-1-3-7-10/h1-7H,8-9H2,(H,11,12). The van der Waals surface area contributed by atoms with Crippen molar-refractivity contribution in [2.75, 3.05) is 13.2 Å². The summed E-state index contributed by atoms with van der Waals surface area (Å²) in [5, 5.41) is 0. The maximum Gasteiger partial charge on any atom is 0.302 e. The average Bonchev–Trinajstić information content (AvgIpc) is 2.24. The van der Waals surface area contributed by atoms with Crippen LogP contribution in [-0.4, -0.2) is 22.0 Å². The molecule has 0 aliphatic carbocycles. The molecule has 4 nitrogen and oxygen atoms in total. The van der Waals surface area contributed by atoms with Crippen LogP contribution in [0.3, 0.4) is 0 Å². The van der Waals surface area contributed by atoms with Gasteiger partial charge in [0, 0.05) is 0 Å². The van der Waals surface area contributed by atoms with Crippen LogP contribution in [0.1, 0.15) is 0 Å². The third-order valence-corrected chi connectivity index (χ3v) is 1.86. The van der Waals surface area contributed by atoms with Gasteiger partial charge in [-0.25, -0.2) is 0 Å². The Labute approximate surface area is 91.0 Å². The molecule has 0 bridgehead atoms. The van der Waals surface area contributed by atoms with Gasteiger partial charge < -0.3 is 4.74 Å². The lowest BCUT2D eigenvalue weighted by atomic mass is 10.3. The molecule has 1 rings (SSSR count). The minimum atomic E-state index is -2.20. The van der Waals surface area contributed by atoms with E-state index in [0.29, 0.717) is 6.61 Å². The Hall–Kier alpha value is -1.17. The lowest BCUT2D eigenvalue weighted by Gasteiger charge is -2.01. The molecule has 0 amide bonds. The lowest BCUT2D eigenvalue weighted by molar-refractivity contribution is 0.337. The van der Waals surface area contributed by atoms with Crippen LogP contribution in [-0.2, 0) is 15.5 Å². The first-order valence-electron chi connectivity index (χ1n) is 4.36. The molecule has 0 aliphatic heterocycles. The summed E-state index contributed by atoms with van der Waals surface area (Å²) in [5.74, 6) is 0.786. The fourth-order valence-electron chi connectivity index (χ4n) is 0.895. The highest BCUT2D eigenvalue weighted by atomic mass is 32.2. The third-order valence-electron chi connectivity index (χ3n) is 1.52. The smallest absolute Gasteiger partial charge is 0.302 e. The van der Waals surface area contributed by atoms with Gasteiger partial charge in [-0.05, 0) is 18.2 Å². The SMILES string of the molecule is O=S(O)OCC=CCOc1ccccc1. The molecule has 5 heteroatoms. The predicted octanol–water partition coefficient (Wildman–Crippen LogP) is 1.77. The predicted molar refractivity (Wildman–Crippen MR) is 57.8 cm³/mol. The van der Waals surface area contributed by atoms with Crippen molar-refractivity contribution in [2.24, 2.45) is 0 Å². The third kappa shape index (κ3) is 6.01. The van der Waals surface area contributed by atoms with Gasteiger partial charge in [0.15, 0.2) is 0 Å². The van der Waals surface area contributed by atoms with E-state index in [1.165, 1.54) is 0 Å². The van der Waals surface area contributed by atoms with Gasteiger partial charge in [-0.1, -0.05) is 24.3 Å². The van der Waals surface area contributed by atoms with Crippen LogP contribution in [0, 0.1) is 0 Å². The second-order valence-corrected chi connectivity index (χ2v) is 3.27. The molecule has 1 unspecified atom stereocenters. The van der Waals surface area contributed by atoms with Crippen molar-refractivity contribution < 1.29 is 17.7 Å². The van der Waals surface area contributed by atoms with E-state index >= 15 is 0 Å². The zero-order valence-corrected chi connectivity index (χ0v) is 8.85. The molecule has 1 aromatic rings. The fourth-order valence-corrected chi connectivity index (χ4v) is 1.09. The molecular formula is C10H12O4S. The van der Waals surface area contributed by atoms with E-state index < -0.39 is 11.4 Å². The van der Waals surface area contributed by atoms with E-state index in [4.69, 9.17) is 9.29 Å². The number of para-hydroxylation sites is 1. The van der Waals surface area contributed by atoms with Crippen molar-refractivity contribution >= 4 is 11.4 Å². The van der Waals surface area contributed by atoms with Crippen LogP contribution in [0.25, 0.3) is 0 Å². The topological polar surface area (TPSA) is 55.8 Å². The lowest BCUT2D eigenvalue weighted by Crippen LogP contribution is -1.96. The molecule has 1 N–H and O–H groups in total. The molecule has 15 heavy (non-hydrogen) atoms. The number of hydrogen-bond donors (Lipinski definition) is 1. The molecule has 0 aliphatic rings. The highest BCUT2D eigenvalue weighted by Gasteiger charge is 1.89. The van der Waals surface area contributed by atoms with Gasteiger partial charge in [-0.2, -0.15) is 4.21 Å². The zero-order chi connectivity index (χ0) is 10.9. The molecule has 1 atom stereocenters. The summed E-state index contributed by atoms with van der Waals surface area (Å²) < 4.78 is 28.1. The minimum Gasteiger partial charge on any atom is -0.490 e. The average molecular weight is 228 g/mol. The van der Waals surface area contributed by atoms with Crippen molar-refractivity contribution in [3.05, 3.63) is 42.5 Å². The monoisotopic (exact) mass is 228 g/mol. The minimum absolute atomic E-state index is 0.0985.